The number of nitrogens with zero attached hydrogens (tertiary/aromatic N) is 2. The Kier molecular flexibility index (Phi) is 4.51. The van der Waals surface area contributed by atoms with E-state index in [1.807, 2.05) is 0 Å². The molecular weight excluding hydrogens is 396 g/mol. The van der Waals surface area contributed by atoms with Crippen LogP contribution in [0.2, 0.25) is 0 Å². The van der Waals surface area contributed by atoms with Gasteiger partial charge in [-0.25, -0.2) is 9.59 Å². The summed E-state index contributed by atoms with van der Waals surface area (Å²) in [5, 5.41) is 14.6. The van der Waals surface area contributed by atoms with Crippen LogP contribution in [0.1, 0.15) is 22.8 Å². The Morgan fingerprint density at radius 1 is 1.28 bits per heavy atom. The third-order valence-electron chi connectivity index (χ3n) is 4.35. The first kappa shape index (κ1) is 18.6. The van der Waals surface area contributed by atoms with Gasteiger partial charge in [0.2, 0.25) is 0 Å². The maximum Gasteiger partial charge on any atom is 0.396 e. The summed E-state index contributed by atoms with van der Waals surface area (Å²) >= 11 is 0.944. The number of amides is 1. The number of carboxylic acids is 1. The molecule has 1 aliphatic rings. The number of anilines is 1. The highest BCUT2D eigenvalue weighted by Crippen LogP contribution is 2.31. The first-order valence-corrected chi connectivity index (χ1v) is 9.26. The van der Waals surface area contributed by atoms with Gasteiger partial charge >= 0.3 is 10.9 Å². The van der Waals surface area contributed by atoms with Gasteiger partial charge in [0.15, 0.2) is 11.3 Å². The number of rotatable bonds is 4. The molecule has 1 aliphatic heterocycles. The Morgan fingerprint density at radius 2 is 2.07 bits per heavy atom. The minimum atomic E-state index is -1.09. The second-order valence-electron chi connectivity index (χ2n) is 6.22. The molecule has 0 unspecified atom stereocenters. The summed E-state index contributed by atoms with van der Waals surface area (Å²) in [6.07, 6.45) is 1.65. The molecule has 1 aromatic heterocycles. The van der Waals surface area contributed by atoms with Gasteiger partial charge in [0.1, 0.15) is 0 Å². The van der Waals surface area contributed by atoms with Gasteiger partial charge in [-0.1, -0.05) is 17.4 Å². The number of methoxy groups -OCH3 is 1. The van der Waals surface area contributed by atoms with E-state index in [4.69, 9.17) is 14.3 Å². The van der Waals surface area contributed by atoms with Gasteiger partial charge in [-0.3, -0.25) is 4.79 Å². The van der Waals surface area contributed by atoms with E-state index in [-0.39, 0.29) is 11.5 Å². The molecule has 0 saturated carbocycles. The van der Waals surface area contributed by atoms with Crippen molar-refractivity contribution in [1.82, 2.24) is 0 Å². The zero-order valence-corrected chi connectivity index (χ0v) is 16.1. The molecule has 0 atom stereocenters. The van der Waals surface area contributed by atoms with Gasteiger partial charge in [0, 0.05) is 0 Å². The van der Waals surface area contributed by atoms with Crippen LogP contribution in [0.15, 0.2) is 56.3 Å². The number of carbonyl (C=O) groups excluding carboxylic acids is 1. The number of carbonyl (C=O) groups is 2. The van der Waals surface area contributed by atoms with Crippen LogP contribution in [0, 0.1) is 0 Å². The summed E-state index contributed by atoms with van der Waals surface area (Å²) in [5.74, 6) is -1.09. The van der Waals surface area contributed by atoms with E-state index in [9.17, 15) is 14.4 Å². The molecule has 4 rings (SSSR count). The third kappa shape index (κ3) is 3.32. The second-order valence-corrected chi connectivity index (χ2v) is 7.20. The smallest absolute Gasteiger partial charge is 0.396 e. The average Bonchev–Trinajstić information content (AvgIpc) is 3.21. The molecule has 1 N–H and O–H groups in total. The summed E-state index contributed by atoms with van der Waals surface area (Å²) in [7, 11) is 1.47. The molecule has 0 fully saturated rings. The van der Waals surface area contributed by atoms with Crippen molar-refractivity contribution in [3.63, 3.8) is 0 Å². The molecule has 1 amide bonds. The Labute approximate surface area is 167 Å². The van der Waals surface area contributed by atoms with Crippen molar-refractivity contribution in [2.75, 3.05) is 12.1 Å². The zero-order valence-electron chi connectivity index (χ0n) is 15.3. The number of carboxylic acid groups (broad SMARTS) is 1. The van der Waals surface area contributed by atoms with Crippen LogP contribution in [0.4, 0.5) is 5.69 Å². The third-order valence-corrected chi connectivity index (χ3v) is 5.13. The number of ether oxygens (including phenoxy) is 1. The van der Waals surface area contributed by atoms with E-state index >= 15 is 0 Å². The van der Waals surface area contributed by atoms with Gasteiger partial charge in [0.05, 0.1) is 34.3 Å². The van der Waals surface area contributed by atoms with E-state index < -0.39 is 10.9 Å². The van der Waals surface area contributed by atoms with Crippen molar-refractivity contribution in [3.8, 4) is 5.75 Å². The fourth-order valence-corrected chi connectivity index (χ4v) is 3.73. The summed E-state index contributed by atoms with van der Waals surface area (Å²) in [6.45, 7) is 1.69. The van der Waals surface area contributed by atoms with Crippen LogP contribution in [-0.2, 0) is 4.79 Å². The van der Waals surface area contributed by atoms with Crippen molar-refractivity contribution < 1.29 is 23.8 Å². The molecule has 8 nitrogen and oxygen atoms in total. The van der Waals surface area contributed by atoms with Gasteiger partial charge in [-0.05, 0) is 48.9 Å². The standard InChI is InChI=1S/C20H14N2O6S/c1-10-14(6-11-7-15(27-2)17-16(8-11)29-20(26)28-17)18(23)22(21-10)13-5-3-4-12(9-13)19(24)25/h3-9H,1-2H3,(H,24,25)/b14-6-. The molecule has 0 aliphatic carbocycles. The molecule has 0 saturated heterocycles. The number of hydrazone groups is 1. The van der Waals surface area contributed by atoms with Crippen molar-refractivity contribution >= 4 is 51.0 Å². The van der Waals surface area contributed by atoms with E-state index in [1.165, 1.54) is 24.3 Å². The Balaban J connectivity index is 1.74. The normalized spacial score (nSPS) is 15.2. The van der Waals surface area contributed by atoms with Crippen LogP contribution in [-0.4, -0.2) is 29.8 Å². The van der Waals surface area contributed by atoms with Crippen molar-refractivity contribution in [1.29, 1.82) is 0 Å². The molecule has 3 aromatic rings. The monoisotopic (exact) mass is 410 g/mol. The van der Waals surface area contributed by atoms with Crippen LogP contribution in [0.25, 0.3) is 16.4 Å². The van der Waals surface area contributed by atoms with Crippen LogP contribution in [0.5, 0.6) is 5.75 Å². The fourth-order valence-electron chi connectivity index (χ4n) is 3.00. The summed E-state index contributed by atoms with van der Waals surface area (Å²) in [6, 6.07) is 9.39. The first-order chi connectivity index (χ1) is 13.9. The van der Waals surface area contributed by atoms with Crippen LogP contribution >= 0.6 is 11.3 Å². The lowest BCUT2D eigenvalue weighted by atomic mass is 10.1. The minimum absolute atomic E-state index is 0.0608. The quantitative estimate of drug-likeness (QED) is 0.661. The lowest BCUT2D eigenvalue weighted by molar-refractivity contribution is -0.114. The van der Waals surface area contributed by atoms with Crippen LogP contribution < -0.4 is 14.7 Å². The Bertz CT molecular complexity index is 1280. The zero-order chi connectivity index (χ0) is 20.7. The van der Waals surface area contributed by atoms with Gasteiger partial charge in [0.25, 0.3) is 5.91 Å². The van der Waals surface area contributed by atoms with Gasteiger partial charge < -0.3 is 14.3 Å². The predicted octanol–water partition coefficient (Wildman–Crippen LogP) is 3.37. The molecule has 2 heterocycles. The molecule has 9 heteroatoms. The number of hydrogen-bond acceptors (Lipinski definition) is 7. The molecule has 0 spiro atoms. The van der Waals surface area contributed by atoms with Crippen molar-refractivity contribution in [3.05, 3.63) is 62.8 Å². The predicted molar refractivity (Wildman–Crippen MR) is 109 cm³/mol. The number of aromatic carboxylic acids is 1. The largest absolute Gasteiger partial charge is 0.493 e. The number of benzene rings is 2. The molecular formula is C20H14N2O6S. The maximum atomic E-state index is 12.9. The van der Waals surface area contributed by atoms with E-state index in [0.29, 0.717) is 38.6 Å². The molecule has 146 valence electrons. The van der Waals surface area contributed by atoms with Gasteiger partial charge in [-0.15, -0.1) is 0 Å². The average molecular weight is 410 g/mol. The van der Waals surface area contributed by atoms with Crippen molar-refractivity contribution in [2.24, 2.45) is 5.10 Å². The van der Waals surface area contributed by atoms with E-state index in [2.05, 4.69) is 5.10 Å². The number of fused-ring (bicyclic) bond motifs is 1. The topological polar surface area (TPSA) is 109 Å². The molecule has 29 heavy (non-hydrogen) atoms. The SMILES string of the molecule is COc1cc(/C=C2\C(=O)N(c3cccc(C(=O)O)c3)N=C2C)cc2sc(=O)oc12. The summed E-state index contributed by atoms with van der Waals surface area (Å²) in [4.78, 5) is 35.2. The lowest BCUT2D eigenvalue weighted by Crippen LogP contribution is -2.21. The molecule has 2 aromatic carbocycles. The highest BCUT2D eigenvalue weighted by molar-refractivity contribution is 7.16. The van der Waals surface area contributed by atoms with Crippen molar-refractivity contribution in [2.45, 2.75) is 6.92 Å². The molecule has 0 radical (unpaired) electrons. The summed E-state index contributed by atoms with van der Waals surface area (Å²) < 4.78 is 11.0. The minimum Gasteiger partial charge on any atom is -0.493 e. The Hall–Kier alpha value is -3.72. The van der Waals surface area contributed by atoms with E-state index in [0.717, 1.165) is 11.3 Å². The fraction of sp³-hybridized carbons (Fsp3) is 0.100. The maximum absolute atomic E-state index is 12.9. The van der Waals surface area contributed by atoms with Gasteiger partial charge in [-0.2, -0.15) is 10.1 Å². The molecule has 0 bridgehead atoms. The highest BCUT2D eigenvalue weighted by Gasteiger charge is 2.29. The van der Waals surface area contributed by atoms with Crippen LogP contribution in [0.3, 0.4) is 0 Å². The Morgan fingerprint density at radius 3 is 2.79 bits per heavy atom. The highest BCUT2D eigenvalue weighted by atomic mass is 32.1. The second kappa shape index (κ2) is 7.02. The van der Waals surface area contributed by atoms with E-state index in [1.54, 1.807) is 37.3 Å². The number of hydrogen-bond donors (Lipinski definition) is 1. The lowest BCUT2D eigenvalue weighted by Gasteiger charge is -2.12. The first-order valence-electron chi connectivity index (χ1n) is 8.44. The summed E-state index contributed by atoms with van der Waals surface area (Å²) in [5.41, 5.74) is 2.26.